The Morgan fingerprint density at radius 2 is 1.48 bits per heavy atom. The maximum atomic E-state index is 11.5. The minimum atomic E-state index is -0.0293. The van der Waals surface area contributed by atoms with Crippen molar-refractivity contribution in [3.8, 4) is 0 Å². The minimum Gasteiger partial charge on any atom is -0.466 e. The first-order valence-electron chi connectivity index (χ1n) is 11.2. The predicted octanol–water partition coefficient (Wildman–Crippen LogP) is 7.16. The number of ether oxygens (including phenoxy) is 1. The molecule has 1 saturated carbocycles. The van der Waals surface area contributed by atoms with E-state index in [4.69, 9.17) is 4.74 Å². The molecule has 0 saturated heterocycles. The summed E-state index contributed by atoms with van der Waals surface area (Å²) in [6, 6.07) is 0. The van der Waals surface area contributed by atoms with Crippen LogP contribution in [-0.4, -0.2) is 12.6 Å². The summed E-state index contributed by atoms with van der Waals surface area (Å²) in [5, 5.41) is 0. The molecule has 0 N–H and O–H groups in total. The third kappa shape index (κ3) is 10.9. The molecule has 2 unspecified atom stereocenters. The molecular formula is C23H44O2. The second-order valence-electron chi connectivity index (χ2n) is 8.76. The van der Waals surface area contributed by atoms with Crippen LogP contribution in [0.3, 0.4) is 0 Å². The van der Waals surface area contributed by atoms with Crippen molar-refractivity contribution < 1.29 is 9.53 Å². The van der Waals surface area contributed by atoms with Gasteiger partial charge in [0, 0.05) is 6.42 Å². The molecular weight excluding hydrogens is 308 g/mol. The number of hydrogen-bond acceptors (Lipinski definition) is 2. The first kappa shape index (κ1) is 22.5. The van der Waals surface area contributed by atoms with Crippen molar-refractivity contribution in [1.82, 2.24) is 0 Å². The molecule has 0 radical (unpaired) electrons. The summed E-state index contributed by atoms with van der Waals surface area (Å²) in [7, 11) is 0. The van der Waals surface area contributed by atoms with E-state index in [1.54, 1.807) is 0 Å². The van der Waals surface area contributed by atoms with Crippen molar-refractivity contribution in [2.24, 2.45) is 23.7 Å². The van der Waals surface area contributed by atoms with Crippen molar-refractivity contribution in [1.29, 1.82) is 0 Å². The first-order chi connectivity index (χ1) is 12.0. The lowest BCUT2D eigenvalue weighted by atomic mass is 9.77. The highest BCUT2D eigenvalue weighted by atomic mass is 16.5. The van der Waals surface area contributed by atoms with Crippen LogP contribution in [0.4, 0.5) is 0 Å². The summed E-state index contributed by atoms with van der Waals surface area (Å²) in [6.07, 6.45) is 17.4. The standard InChI is InChI=1S/C23H44O2/c1-5-7-8-9-21-14-16-22(17-15-21)13-12-19(3)10-11-20(4)18-23(24)25-6-2/h19-22H,5-18H2,1-4H3. The van der Waals surface area contributed by atoms with Gasteiger partial charge in [0.25, 0.3) is 0 Å². The van der Waals surface area contributed by atoms with Gasteiger partial charge in [0.2, 0.25) is 0 Å². The van der Waals surface area contributed by atoms with E-state index in [0.29, 0.717) is 18.9 Å². The highest BCUT2D eigenvalue weighted by Gasteiger charge is 2.21. The number of carbonyl (C=O) groups is 1. The van der Waals surface area contributed by atoms with Gasteiger partial charge < -0.3 is 4.74 Å². The van der Waals surface area contributed by atoms with Crippen LogP contribution in [0, 0.1) is 23.7 Å². The molecule has 148 valence electrons. The van der Waals surface area contributed by atoms with Crippen LogP contribution in [0.25, 0.3) is 0 Å². The zero-order chi connectivity index (χ0) is 18.5. The number of rotatable bonds is 13. The van der Waals surface area contributed by atoms with E-state index in [2.05, 4.69) is 20.8 Å². The van der Waals surface area contributed by atoms with Crippen molar-refractivity contribution in [2.75, 3.05) is 6.61 Å². The lowest BCUT2D eigenvalue weighted by molar-refractivity contribution is -0.144. The van der Waals surface area contributed by atoms with Gasteiger partial charge in [0.05, 0.1) is 6.61 Å². The number of unbranched alkanes of at least 4 members (excludes halogenated alkanes) is 2. The molecule has 1 rings (SSSR count). The number of esters is 1. The molecule has 0 aromatic carbocycles. The normalized spacial score (nSPS) is 23.2. The quantitative estimate of drug-likeness (QED) is 0.260. The Morgan fingerprint density at radius 1 is 0.880 bits per heavy atom. The van der Waals surface area contributed by atoms with Gasteiger partial charge in [0.15, 0.2) is 0 Å². The summed E-state index contributed by atoms with van der Waals surface area (Å²) >= 11 is 0. The summed E-state index contributed by atoms with van der Waals surface area (Å²) in [4.78, 5) is 11.5. The second kappa shape index (κ2) is 13.6. The average molecular weight is 353 g/mol. The third-order valence-corrected chi connectivity index (χ3v) is 6.22. The second-order valence-corrected chi connectivity index (χ2v) is 8.76. The molecule has 0 spiro atoms. The zero-order valence-corrected chi connectivity index (χ0v) is 17.5. The molecule has 2 atom stereocenters. The minimum absolute atomic E-state index is 0.0293. The van der Waals surface area contributed by atoms with Crippen LogP contribution >= 0.6 is 0 Å². The molecule has 1 fully saturated rings. The molecule has 25 heavy (non-hydrogen) atoms. The largest absolute Gasteiger partial charge is 0.466 e. The van der Waals surface area contributed by atoms with Gasteiger partial charge in [-0.25, -0.2) is 0 Å². The summed E-state index contributed by atoms with van der Waals surface area (Å²) < 4.78 is 5.05. The molecule has 2 heteroatoms. The first-order valence-corrected chi connectivity index (χ1v) is 11.2. The molecule has 0 aromatic rings. The van der Waals surface area contributed by atoms with Gasteiger partial charge in [-0.05, 0) is 37.0 Å². The number of carbonyl (C=O) groups excluding carboxylic acids is 1. The zero-order valence-electron chi connectivity index (χ0n) is 17.5. The molecule has 0 aromatic heterocycles. The van der Waals surface area contributed by atoms with E-state index < -0.39 is 0 Å². The van der Waals surface area contributed by atoms with Crippen LogP contribution in [0.1, 0.15) is 111 Å². The maximum absolute atomic E-state index is 11.5. The van der Waals surface area contributed by atoms with Crippen LogP contribution in [0.5, 0.6) is 0 Å². The third-order valence-electron chi connectivity index (χ3n) is 6.22. The Hall–Kier alpha value is -0.530. The Morgan fingerprint density at radius 3 is 2.08 bits per heavy atom. The van der Waals surface area contributed by atoms with Crippen molar-refractivity contribution >= 4 is 5.97 Å². The van der Waals surface area contributed by atoms with E-state index in [1.807, 2.05) is 6.92 Å². The van der Waals surface area contributed by atoms with Gasteiger partial charge >= 0.3 is 5.97 Å². The summed E-state index contributed by atoms with van der Waals surface area (Å²) in [5.74, 6) is 3.25. The summed E-state index contributed by atoms with van der Waals surface area (Å²) in [6.45, 7) is 9.26. The molecule has 0 bridgehead atoms. The summed E-state index contributed by atoms with van der Waals surface area (Å²) in [5.41, 5.74) is 0. The predicted molar refractivity (Wildman–Crippen MR) is 108 cm³/mol. The van der Waals surface area contributed by atoms with Crippen molar-refractivity contribution in [3.63, 3.8) is 0 Å². The fourth-order valence-corrected chi connectivity index (χ4v) is 4.33. The highest BCUT2D eigenvalue weighted by molar-refractivity contribution is 5.69. The fourth-order valence-electron chi connectivity index (χ4n) is 4.33. The van der Waals surface area contributed by atoms with Gasteiger partial charge in [-0.3, -0.25) is 4.79 Å². The highest BCUT2D eigenvalue weighted by Crippen LogP contribution is 2.35. The molecule has 1 aliphatic rings. The topological polar surface area (TPSA) is 26.3 Å². The van der Waals surface area contributed by atoms with Gasteiger partial charge in [0.1, 0.15) is 0 Å². The average Bonchev–Trinajstić information content (AvgIpc) is 2.59. The van der Waals surface area contributed by atoms with Gasteiger partial charge in [-0.15, -0.1) is 0 Å². The number of hydrogen-bond donors (Lipinski definition) is 0. The Bertz CT molecular complexity index is 331. The van der Waals surface area contributed by atoms with Crippen LogP contribution in [0.2, 0.25) is 0 Å². The van der Waals surface area contributed by atoms with E-state index in [0.717, 1.165) is 24.2 Å². The molecule has 1 aliphatic carbocycles. The molecule has 0 heterocycles. The monoisotopic (exact) mass is 352 g/mol. The van der Waals surface area contributed by atoms with E-state index >= 15 is 0 Å². The lowest BCUT2D eigenvalue weighted by Crippen LogP contribution is -2.15. The van der Waals surface area contributed by atoms with Crippen LogP contribution in [-0.2, 0) is 9.53 Å². The smallest absolute Gasteiger partial charge is 0.306 e. The van der Waals surface area contributed by atoms with E-state index in [9.17, 15) is 4.79 Å². The van der Waals surface area contributed by atoms with Crippen LogP contribution < -0.4 is 0 Å². The molecule has 2 nitrogen and oxygen atoms in total. The SMILES string of the molecule is CCCCCC1CCC(CCC(C)CCC(C)CC(=O)OCC)CC1. The fraction of sp³-hybridized carbons (Fsp3) is 0.957. The van der Waals surface area contributed by atoms with Crippen molar-refractivity contribution in [3.05, 3.63) is 0 Å². The van der Waals surface area contributed by atoms with Gasteiger partial charge in [-0.1, -0.05) is 91.4 Å². The maximum Gasteiger partial charge on any atom is 0.306 e. The Kier molecular flexibility index (Phi) is 12.3. The van der Waals surface area contributed by atoms with Gasteiger partial charge in [-0.2, -0.15) is 0 Å². The van der Waals surface area contributed by atoms with Crippen molar-refractivity contribution in [2.45, 2.75) is 111 Å². The Labute approximate surface area is 157 Å². The lowest BCUT2D eigenvalue weighted by Gasteiger charge is -2.29. The molecule has 0 amide bonds. The van der Waals surface area contributed by atoms with E-state index in [1.165, 1.54) is 70.6 Å². The van der Waals surface area contributed by atoms with E-state index in [-0.39, 0.29) is 5.97 Å². The Balaban J connectivity index is 2.06. The molecule has 0 aliphatic heterocycles. The van der Waals surface area contributed by atoms with Crippen LogP contribution in [0.15, 0.2) is 0 Å².